The fraction of sp³-hybridized carbons (Fsp3) is 0.556. The van der Waals surface area contributed by atoms with Gasteiger partial charge in [0.2, 0.25) is 6.33 Å². The highest BCUT2D eigenvalue weighted by molar-refractivity contribution is 5.06. The number of hydrogen-bond acceptors (Lipinski definition) is 0. The van der Waals surface area contributed by atoms with Crippen LogP contribution in [0.5, 0.6) is 0 Å². The summed E-state index contributed by atoms with van der Waals surface area (Å²) in [6.45, 7) is 7.77. The summed E-state index contributed by atoms with van der Waals surface area (Å²) in [5, 5.41) is 0. The van der Waals surface area contributed by atoms with Crippen LogP contribution >= 0.6 is 0 Å². The van der Waals surface area contributed by atoms with Gasteiger partial charge in [0.05, 0.1) is 13.1 Å². The maximum absolute atomic E-state index is 2.29. The van der Waals surface area contributed by atoms with Gasteiger partial charge in [0, 0.05) is 18.6 Å². The van der Waals surface area contributed by atoms with Crippen molar-refractivity contribution in [1.82, 2.24) is 4.57 Å². The van der Waals surface area contributed by atoms with Gasteiger partial charge in [0.25, 0.3) is 0 Å². The monoisotopic (exact) mass is 287 g/mol. The lowest BCUT2D eigenvalue weighted by Crippen LogP contribution is -2.37. The number of pyridine rings is 1. The summed E-state index contributed by atoms with van der Waals surface area (Å²) >= 11 is 0. The first-order valence-electron chi connectivity index (χ1n) is 8.34. The molecule has 2 aromatic heterocycles. The van der Waals surface area contributed by atoms with Crippen LogP contribution in [0.25, 0.3) is 0 Å². The molecule has 0 aliphatic heterocycles. The van der Waals surface area contributed by atoms with Gasteiger partial charge in [-0.1, -0.05) is 26.7 Å². The molecule has 0 spiro atoms. The van der Waals surface area contributed by atoms with Gasteiger partial charge in [-0.05, 0) is 18.4 Å². The summed E-state index contributed by atoms with van der Waals surface area (Å²) in [4.78, 5) is 0. The second-order valence-corrected chi connectivity index (χ2v) is 5.79. The number of imidazole rings is 1. The van der Waals surface area contributed by atoms with Crippen molar-refractivity contribution >= 4 is 0 Å². The minimum Gasteiger partial charge on any atom is -0.237 e. The number of hydrogen-bond donors (Lipinski definition) is 0. The van der Waals surface area contributed by atoms with Gasteiger partial charge in [-0.3, -0.25) is 0 Å². The van der Waals surface area contributed by atoms with Crippen LogP contribution in [-0.4, -0.2) is 4.57 Å². The standard InChI is InChI=1S/C18H29N3/c1-3-5-10-20-15-16-21(17-20)12-6-11-19-13-8-18(7-4-2)9-14-19/h8-9,13-17H,3-7,10-12H2,1-2H3/q+2. The van der Waals surface area contributed by atoms with Crippen molar-refractivity contribution in [2.45, 2.75) is 65.6 Å². The van der Waals surface area contributed by atoms with Crippen molar-refractivity contribution in [2.75, 3.05) is 0 Å². The van der Waals surface area contributed by atoms with Crippen LogP contribution in [0.3, 0.4) is 0 Å². The first-order chi connectivity index (χ1) is 10.3. The molecule has 0 saturated carbocycles. The highest BCUT2D eigenvalue weighted by atomic mass is 15.1. The van der Waals surface area contributed by atoms with Crippen molar-refractivity contribution in [1.29, 1.82) is 0 Å². The molecule has 0 aliphatic carbocycles. The lowest BCUT2D eigenvalue weighted by atomic mass is 10.1. The Hall–Kier alpha value is -1.64. The topological polar surface area (TPSA) is 12.7 Å². The second kappa shape index (κ2) is 8.60. The SMILES string of the molecule is CCCCn1cc[n+](CCC[n+]2ccc(CCC)cc2)c1. The minimum atomic E-state index is 1.08. The minimum absolute atomic E-state index is 1.08. The molecule has 0 amide bonds. The number of unbranched alkanes of at least 4 members (excludes halogenated alkanes) is 1. The van der Waals surface area contributed by atoms with E-state index in [4.69, 9.17) is 0 Å². The summed E-state index contributed by atoms with van der Waals surface area (Å²) in [6, 6.07) is 4.50. The molecule has 0 fully saturated rings. The molecule has 0 aliphatic rings. The van der Waals surface area contributed by atoms with Gasteiger partial charge in [-0.25, -0.2) is 13.7 Å². The molecule has 2 heterocycles. The fourth-order valence-corrected chi connectivity index (χ4v) is 2.57. The van der Waals surface area contributed by atoms with E-state index in [1.807, 2.05) is 0 Å². The van der Waals surface area contributed by atoms with E-state index in [-0.39, 0.29) is 0 Å². The van der Waals surface area contributed by atoms with Crippen LogP contribution in [0.1, 0.15) is 45.1 Å². The largest absolute Gasteiger partial charge is 0.243 e. The molecule has 0 unspecified atom stereocenters. The first kappa shape index (κ1) is 15.7. The molecule has 114 valence electrons. The molecule has 0 atom stereocenters. The fourth-order valence-electron chi connectivity index (χ4n) is 2.57. The molecule has 21 heavy (non-hydrogen) atoms. The molecule has 0 saturated heterocycles. The highest BCUT2D eigenvalue weighted by Crippen LogP contribution is 1.99. The highest BCUT2D eigenvalue weighted by Gasteiger charge is 2.05. The summed E-state index contributed by atoms with van der Waals surface area (Å²) in [5.41, 5.74) is 1.44. The van der Waals surface area contributed by atoms with Gasteiger partial charge in [0.15, 0.2) is 18.9 Å². The van der Waals surface area contributed by atoms with Crippen LogP contribution in [0.4, 0.5) is 0 Å². The third kappa shape index (κ3) is 5.33. The summed E-state index contributed by atoms with van der Waals surface area (Å²) < 4.78 is 6.87. The van der Waals surface area contributed by atoms with Gasteiger partial charge in [-0.2, -0.15) is 0 Å². The number of aromatic nitrogens is 3. The number of aryl methyl sites for hydroxylation is 4. The maximum Gasteiger partial charge on any atom is 0.243 e. The lowest BCUT2D eigenvalue weighted by Gasteiger charge is -1.99. The van der Waals surface area contributed by atoms with E-state index >= 15 is 0 Å². The zero-order chi connectivity index (χ0) is 14.9. The van der Waals surface area contributed by atoms with Gasteiger partial charge in [0.1, 0.15) is 12.4 Å². The molecule has 0 radical (unpaired) electrons. The van der Waals surface area contributed by atoms with Crippen molar-refractivity contribution < 1.29 is 9.13 Å². The smallest absolute Gasteiger partial charge is 0.237 e. The van der Waals surface area contributed by atoms with Gasteiger partial charge < -0.3 is 0 Å². The molecule has 2 rings (SSSR count). The van der Waals surface area contributed by atoms with E-state index in [0.29, 0.717) is 0 Å². The van der Waals surface area contributed by atoms with E-state index in [9.17, 15) is 0 Å². The van der Waals surface area contributed by atoms with Crippen LogP contribution in [-0.2, 0) is 26.1 Å². The van der Waals surface area contributed by atoms with E-state index in [0.717, 1.165) is 19.6 Å². The molecule has 0 bridgehead atoms. The molecule has 2 aromatic rings. The zero-order valence-electron chi connectivity index (χ0n) is 13.5. The molecule has 3 nitrogen and oxygen atoms in total. The molecule has 0 N–H and O–H groups in total. The lowest BCUT2D eigenvalue weighted by molar-refractivity contribution is -0.726. The van der Waals surface area contributed by atoms with E-state index in [1.165, 1.54) is 37.7 Å². The second-order valence-electron chi connectivity index (χ2n) is 5.79. The molecule has 0 aromatic carbocycles. The molecule has 3 heteroatoms. The third-order valence-electron chi connectivity index (χ3n) is 3.85. The van der Waals surface area contributed by atoms with Gasteiger partial charge >= 0.3 is 0 Å². The van der Waals surface area contributed by atoms with Crippen LogP contribution in [0.15, 0.2) is 43.2 Å². The van der Waals surface area contributed by atoms with Crippen LogP contribution in [0, 0.1) is 0 Å². The van der Waals surface area contributed by atoms with Gasteiger partial charge in [-0.15, -0.1) is 0 Å². The zero-order valence-corrected chi connectivity index (χ0v) is 13.5. The quantitative estimate of drug-likeness (QED) is 0.629. The predicted octanol–water partition coefficient (Wildman–Crippen LogP) is 2.91. The Morgan fingerprint density at radius 1 is 0.905 bits per heavy atom. The Morgan fingerprint density at radius 2 is 1.67 bits per heavy atom. The average molecular weight is 287 g/mol. The van der Waals surface area contributed by atoms with Crippen LogP contribution < -0.4 is 9.13 Å². The Bertz CT molecular complexity index is 514. The van der Waals surface area contributed by atoms with E-state index in [1.54, 1.807) is 0 Å². The summed E-state index contributed by atoms with van der Waals surface area (Å²) in [7, 11) is 0. The Morgan fingerprint density at radius 3 is 2.38 bits per heavy atom. The average Bonchev–Trinajstić information content (AvgIpc) is 2.95. The molecular weight excluding hydrogens is 258 g/mol. The van der Waals surface area contributed by atoms with E-state index in [2.05, 4.69) is 70.8 Å². The normalized spacial score (nSPS) is 11.0. The van der Waals surface area contributed by atoms with Crippen molar-refractivity contribution in [3.8, 4) is 0 Å². The number of nitrogens with zero attached hydrogens (tertiary/aromatic N) is 3. The Balaban J connectivity index is 1.74. The van der Waals surface area contributed by atoms with Crippen LogP contribution in [0.2, 0.25) is 0 Å². The Kier molecular flexibility index (Phi) is 6.45. The Labute approximate surface area is 128 Å². The van der Waals surface area contributed by atoms with Crippen molar-refractivity contribution in [2.24, 2.45) is 0 Å². The van der Waals surface area contributed by atoms with Crippen molar-refractivity contribution in [3.63, 3.8) is 0 Å². The summed E-state index contributed by atoms with van der Waals surface area (Å²) in [5.74, 6) is 0. The van der Waals surface area contributed by atoms with Crippen molar-refractivity contribution in [3.05, 3.63) is 48.8 Å². The number of rotatable bonds is 9. The first-order valence-corrected chi connectivity index (χ1v) is 8.34. The summed E-state index contributed by atoms with van der Waals surface area (Å²) in [6.07, 6.45) is 17.1. The van der Waals surface area contributed by atoms with E-state index < -0.39 is 0 Å². The maximum atomic E-state index is 2.29. The molecular formula is C18H29N3+2. The third-order valence-corrected chi connectivity index (χ3v) is 3.85. The predicted molar refractivity (Wildman–Crippen MR) is 84.8 cm³/mol.